The third kappa shape index (κ3) is 3.65. The van der Waals surface area contributed by atoms with Crippen LogP contribution < -0.4 is 5.32 Å². The number of aromatic amines is 1. The van der Waals surface area contributed by atoms with Crippen molar-refractivity contribution in [1.82, 2.24) is 20.1 Å². The van der Waals surface area contributed by atoms with E-state index in [4.69, 9.17) is 23.8 Å². The van der Waals surface area contributed by atoms with Gasteiger partial charge in [-0.15, -0.1) is 11.8 Å². The molecule has 0 spiro atoms. The number of H-pyrrole nitrogens is 1. The minimum absolute atomic E-state index is 0.0460. The van der Waals surface area contributed by atoms with Gasteiger partial charge in [0.05, 0.1) is 12.3 Å². The number of halogens is 1. The maximum atomic E-state index is 12.3. The zero-order valence-corrected chi connectivity index (χ0v) is 16.3. The molecule has 0 saturated heterocycles. The molecular weight excluding hydrogens is 388 g/mol. The average Bonchev–Trinajstić information content (AvgIpc) is 3.41. The van der Waals surface area contributed by atoms with Crippen molar-refractivity contribution in [3.63, 3.8) is 0 Å². The summed E-state index contributed by atoms with van der Waals surface area (Å²) in [5.74, 6) is 1.05. The summed E-state index contributed by atoms with van der Waals surface area (Å²) in [5, 5.41) is 12.7. The van der Waals surface area contributed by atoms with Crippen LogP contribution in [0.25, 0.3) is 10.8 Å². The van der Waals surface area contributed by atoms with Gasteiger partial charge in [-0.2, -0.15) is 5.10 Å². The predicted octanol–water partition coefficient (Wildman–Crippen LogP) is 4.49. The maximum Gasteiger partial charge on any atom is 0.230 e. The smallest absolute Gasteiger partial charge is 0.230 e. The van der Waals surface area contributed by atoms with Crippen LogP contribution >= 0.6 is 35.6 Å². The van der Waals surface area contributed by atoms with Crippen LogP contribution in [0.3, 0.4) is 0 Å². The zero-order valence-electron chi connectivity index (χ0n) is 13.9. The first-order valence-corrected chi connectivity index (χ1v) is 10.1. The van der Waals surface area contributed by atoms with Crippen LogP contribution in [0.15, 0.2) is 41.3 Å². The molecule has 26 heavy (non-hydrogen) atoms. The van der Waals surface area contributed by atoms with Crippen LogP contribution in [-0.2, 0) is 11.3 Å². The minimum atomic E-state index is -0.0460. The Kier molecular flexibility index (Phi) is 5.02. The number of hydrogen-bond donors (Lipinski definition) is 2. The van der Waals surface area contributed by atoms with Gasteiger partial charge in [-0.05, 0) is 42.6 Å². The van der Waals surface area contributed by atoms with Crippen molar-refractivity contribution >= 4 is 52.3 Å². The lowest BCUT2D eigenvalue weighted by Gasteiger charge is -2.09. The first-order valence-electron chi connectivity index (χ1n) is 8.36. The largest absolute Gasteiger partial charge is 0.348 e. The molecule has 0 unspecified atom stereocenters. The number of carbonyl (C=O) groups is 1. The van der Waals surface area contributed by atoms with Crippen LogP contribution in [0.5, 0.6) is 0 Å². The number of thioether (sulfide) groups is 1. The highest BCUT2D eigenvalue weighted by Gasteiger charge is 2.27. The monoisotopic (exact) mass is 404 g/mol. The molecule has 1 aliphatic rings. The molecule has 0 radical (unpaired) electrons. The third-order valence-electron chi connectivity index (χ3n) is 4.31. The van der Waals surface area contributed by atoms with E-state index < -0.39 is 0 Å². The predicted molar refractivity (Wildman–Crippen MR) is 107 cm³/mol. The van der Waals surface area contributed by atoms with E-state index >= 15 is 0 Å². The van der Waals surface area contributed by atoms with E-state index in [1.54, 1.807) is 0 Å². The Hall–Kier alpha value is -1.83. The van der Waals surface area contributed by atoms with Crippen molar-refractivity contribution in [3.05, 3.63) is 52.0 Å². The Morgan fingerprint density at radius 1 is 1.35 bits per heavy atom. The van der Waals surface area contributed by atoms with Gasteiger partial charge in [-0.3, -0.25) is 14.5 Å². The lowest BCUT2D eigenvalue weighted by atomic mass is 10.1. The molecule has 5 nitrogen and oxygen atoms in total. The van der Waals surface area contributed by atoms with E-state index in [2.05, 4.69) is 15.5 Å². The number of amides is 1. The van der Waals surface area contributed by atoms with Crippen molar-refractivity contribution in [2.45, 2.75) is 30.3 Å². The summed E-state index contributed by atoms with van der Waals surface area (Å²) in [4.78, 5) is 13.3. The summed E-state index contributed by atoms with van der Waals surface area (Å²) in [6.07, 6.45) is 2.24. The van der Waals surface area contributed by atoms with Gasteiger partial charge in [0.15, 0.2) is 10.6 Å². The second kappa shape index (κ2) is 7.42. The van der Waals surface area contributed by atoms with Crippen molar-refractivity contribution in [3.8, 4) is 0 Å². The Bertz CT molecular complexity index is 1020. The second-order valence-corrected chi connectivity index (χ2v) is 8.02. The molecule has 4 rings (SSSR count). The Morgan fingerprint density at radius 2 is 2.12 bits per heavy atom. The molecule has 1 fully saturated rings. The van der Waals surface area contributed by atoms with Crippen LogP contribution in [0.4, 0.5) is 0 Å². The molecule has 8 heteroatoms. The van der Waals surface area contributed by atoms with Gasteiger partial charge in [0, 0.05) is 21.3 Å². The number of carbonyl (C=O) groups excluding carboxylic acids is 1. The van der Waals surface area contributed by atoms with Crippen LogP contribution in [-0.4, -0.2) is 26.4 Å². The lowest BCUT2D eigenvalue weighted by molar-refractivity contribution is -0.118. The zero-order chi connectivity index (χ0) is 18.1. The van der Waals surface area contributed by atoms with Gasteiger partial charge in [-0.1, -0.05) is 35.9 Å². The summed E-state index contributed by atoms with van der Waals surface area (Å²) in [5.41, 5.74) is 0. The van der Waals surface area contributed by atoms with Gasteiger partial charge in [-0.25, -0.2) is 0 Å². The Balaban J connectivity index is 1.40. The molecule has 2 aromatic carbocycles. The van der Waals surface area contributed by atoms with E-state index in [0.29, 0.717) is 28.1 Å². The fraction of sp³-hybridized carbons (Fsp3) is 0.278. The topological polar surface area (TPSA) is 62.7 Å². The summed E-state index contributed by atoms with van der Waals surface area (Å²) in [6.45, 7) is 0.374. The molecule has 2 N–H and O–H groups in total. The summed E-state index contributed by atoms with van der Waals surface area (Å²) >= 11 is 13.1. The molecule has 1 amide bonds. The summed E-state index contributed by atoms with van der Waals surface area (Å²) in [7, 11) is 0. The van der Waals surface area contributed by atoms with Crippen LogP contribution in [0, 0.1) is 4.77 Å². The van der Waals surface area contributed by atoms with Crippen molar-refractivity contribution < 1.29 is 4.79 Å². The number of nitrogens with zero attached hydrogens (tertiary/aromatic N) is 2. The molecule has 1 heterocycles. The SMILES string of the molecule is O=C(CSc1cccc2cccc(Cl)c12)NCc1n[nH]c(=S)n1C1CC1. The molecule has 0 aliphatic heterocycles. The van der Waals surface area contributed by atoms with Gasteiger partial charge in [0.1, 0.15) is 0 Å². The van der Waals surface area contributed by atoms with Crippen LogP contribution in [0.1, 0.15) is 24.7 Å². The Morgan fingerprint density at radius 3 is 2.88 bits per heavy atom. The molecule has 0 atom stereocenters. The van der Waals surface area contributed by atoms with Crippen molar-refractivity contribution in [2.24, 2.45) is 0 Å². The highest BCUT2D eigenvalue weighted by molar-refractivity contribution is 8.00. The van der Waals surface area contributed by atoms with E-state index in [9.17, 15) is 4.79 Å². The standard InChI is InChI=1S/C18H17ClN4OS2/c19-13-5-1-3-11-4-2-6-14(17(11)13)26-10-16(24)20-9-15-21-22-18(25)23(15)12-7-8-12/h1-6,12H,7-10H2,(H,20,24)(H,22,25). The first kappa shape index (κ1) is 17.6. The lowest BCUT2D eigenvalue weighted by Crippen LogP contribution is -2.26. The quantitative estimate of drug-likeness (QED) is 0.469. The molecule has 0 bridgehead atoms. The minimum Gasteiger partial charge on any atom is -0.348 e. The normalized spacial score (nSPS) is 13.9. The maximum absolute atomic E-state index is 12.3. The second-order valence-electron chi connectivity index (χ2n) is 6.21. The molecule has 134 valence electrons. The van der Waals surface area contributed by atoms with Gasteiger partial charge in [0.25, 0.3) is 0 Å². The highest BCUT2D eigenvalue weighted by Crippen LogP contribution is 2.36. The average molecular weight is 405 g/mol. The summed E-state index contributed by atoms with van der Waals surface area (Å²) < 4.78 is 2.63. The molecule has 1 aliphatic carbocycles. The summed E-state index contributed by atoms with van der Waals surface area (Å²) in [6, 6.07) is 12.2. The molecule has 3 aromatic rings. The van der Waals surface area contributed by atoms with E-state index in [1.807, 2.05) is 41.0 Å². The highest BCUT2D eigenvalue weighted by atomic mass is 35.5. The van der Waals surface area contributed by atoms with Gasteiger partial charge in [0.2, 0.25) is 5.91 Å². The van der Waals surface area contributed by atoms with Gasteiger partial charge >= 0.3 is 0 Å². The van der Waals surface area contributed by atoms with E-state index in [0.717, 1.165) is 34.3 Å². The third-order valence-corrected chi connectivity index (χ3v) is 5.97. The van der Waals surface area contributed by atoms with Gasteiger partial charge < -0.3 is 5.32 Å². The number of hydrogen-bond acceptors (Lipinski definition) is 4. The number of nitrogens with one attached hydrogen (secondary N) is 2. The fourth-order valence-electron chi connectivity index (χ4n) is 2.93. The van der Waals surface area contributed by atoms with E-state index in [1.165, 1.54) is 11.8 Å². The number of benzene rings is 2. The first-order chi connectivity index (χ1) is 12.6. The number of rotatable bonds is 6. The Labute approximate surface area is 165 Å². The van der Waals surface area contributed by atoms with E-state index in [-0.39, 0.29) is 5.91 Å². The molecule has 1 aromatic heterocycles. The number of aromatic nitrogens is 3. The molecule has 1 saturated carbocycles. The van der Waals surface area contributed by atoms with Crippen LogP contribution in [0.2, 0.25) is 5.02 Å². The fourth-order valence-corrected chi connectivity index (χ4v) is 4.50. The van der Waals surface area contributed by atoms with Crippen molar-refractivity contribution in [1.29, 1.82) is 0 Å². The molecular formula is C18H17ClN4OS2. The van der Waals surface area contributed by atoms with Crippen molar-refractivity contribution in [2.75, 3.05) is 5.75 Å². The number of fused-ring (bicyclic) bond motifs is 1.